The minimum absolute atomic E-state index is 0.0495. The van der Waals surface area contributed by atoms with Gasteiger partial charge in [0.25, 0.3) is 0 Å². The third-order valence-electron chi connectivity index (χ3n) is 6.22. The van der Waals surface area contributed by atoms with E-state index in [0.717, 1.165) is 30.2 Å². The number of aryl methyl sites for hydroxylation is 1. The van der Waals surface area contributed by atoms with Gasteiger partial charge in [0.05, 0.1) is 23.0 Å². The first kappa shape index (κ1) is 14.0. The van der Waals surface area contributed by atoms with E-state index in [1.165, 1.54) is 4.90 Å². The van der Waals surface area contributed by atoms with Crippen LogP contribution in [0.4, 0.5) is 5.69 Å². The number of carbonyl (C=O) groups is 2. The van der Waals surface area contributed by atoms with Gasteiger partial charge in [0.2, 0.25) is 17.4 Å². The highest BCUT2D eigenvalue weighted by atomic mass is 16.2. The number of carbonyl (C=O) groups excluding carboxylic acids is 2. The molecule has 5 nitrogen and oxygen atoms in total. The number of benzene rings is 1. The number of H-pyrrole nitrogens is 1. The van der Waals surface area contributed by atoms with E-state index in [1.54, 1.807) is 12.1 Å². The van der Waals surface area contributed by atoms with Crippen molar-refractivity contribution < 1.29 is 9.59 Å². The van der Waals surface area contributed by atoms with Crippen LogP contribution in [0.25, 0.3) is 10.9 Å². The Balaban J connectivity index is 1.62. The molecular formula is C19H18N2O3. The zero-order valence-corrected chi connectivity index (χ0v) is 13.4. The average Bonchev–Trinajstić information content (AvgIpc) is 3.20. The molecule has 2 saturated carbocycles. The molecule has 2 bridgehead atoms. The molecular weight excluding hydrogens is 304 g/mol. The van der Waals surface area contributed by atoms with Crippen LogP contribution in [0.2, 0.25) is 0 Å². The van der Waals surface area contributed by atoms with Crippen molar-refractivity contribution in [2.75, 3.05) is 4.90 Å². The van der Waals surface area contributed by atoms with Gasteiger partial charge in [-0.05, 0) is 55.7 Å². The summed E-state index contributed by atoms with van der Waals surface area (Å²) in [7, 11) is 0. The molecule has 1 saturated heterocycles. The van der Waals surface area contributed by atoms with E-state index < -0.39 is 0 Å². The highest BCUT2D eigenvalue weighted by Gasteiger charge is 2.61. The van der Waals surface area contributed by atoms with Crippen molar-refractivity contribution in [1.29, 1.82) is 0 Å². The van der Waals surface area contributed by atoms with Crippen molar-refractivity contribution in [3.63, 3.8) is 0 Å². The Hall–Kier alpha value is -2.43. The van der Waals surface area contributed by atoms with Gasteiger partial charge in [0.15, 0.2) is 0 Å². The number of fused-ring (bicyclic) bond motifs is 6. The second kappa shape index (κ2) is 4.56. The van der Waals surface area contributed by atoms with Crippen LogP contribution in [-0.2, 0) is 9.59 Å². The minimum Gasteiger partial charge on any atom is -0.322 e. The number of amides is 2. The molecule has 2 aliphatic carbocycles. The van der Waals surface area contributed by atoms with Gasteiger partial charge in [-0.15, -0.1) is 0 Å². The van der Waals surface area contributed by atoms with Gasteiger partial charge >= 0.3 is 0 Å². The smallest absolute Gasteiger partial charge is 0.248 e. The zero-order valence-electron chi connectivity index (χ0n) is 13.4. The second-order valence-electron chi connectivity index (χ2n) is 7.44. The number of aromatic nitrogens is 1. The number of rotatable bonds is 1. The Bertz CT molecular complexity index is 933. The molecule has 5 rings (SSSR count). The summed E-state index contributed by atoms with van der Waals surface area (Å²) in [5, 5.41) is 0.928. The van der Waals surface area contributed by atoms with Crippen LogP contribution in [0.3, 0.4) is 0 Å². The van der Waals surface area contributed by atoms with Crippen LogP contribution >= 0.6 is 0 Å². The first-order valence-electron chi connectivity index (χ1n) is 8.56. The molecule has 1 aromatic carbocycles. The highest BCUT2D eigenvalue weighted by molar-refractivity contribution is 6.23. The maximum atomic E-state index is 12.9. The number of imide groups is 1. The Morgan fingerprint density at radius 2 is 1.67 bits per heavy atom. The van der Waals surface area contributed by atoms with E-state index in [1.807, 2.05) is 19.1 Å². The maximum Gasteiger partial charge on any atom is 0.248 e. The van der Waals surface area contributed by atoms with Gasteiger partial charge in [0.1, 0.15) is 0 Å². The summed E-state index contributed by atoms with van der Waals surface area (Å²) in [4.78, 5) is 41.7. The van der Waals surface area contributed by atoms with Crippen molar-refractivity contribution in [3.05, 3.63) is 40.2 Å². The van der Waals surface area contributed by atoms with Crippen molar-refractivity contribution in [2.24, 2.45) is 23.7 Å². The molecule has 2 aromatic rings. The Kier molecular flexibility index (Phi) is 2.65. The highest BCUT2D eigenvalue weighted by Crippen LogP contribution is 2.56. The summed E-state index contributed by atoms with van der Waals surface area (Å²) in [5.74, 6) is 0.415. The quantitative estimate of drug-likeness (QED) is 0.820. The van der Waals surface area contributed by atoms with Crippen LogP contribution in [0, 0.1) is 30.6 Å². The predicted octanol–water partition coefficient (Wildman–Crippen LogP) is 2.37. The van der Waals surface area contributed by atoms with Crippen LogP contribution in [-0.4, -0.2) is 16.8 Å². The van der Waals surface area contributed by atoms with E-state index >= 15 is 0 Å². The van der Waals surface area contributed by atoms with Crippen molar-refractivity contribution in [2.45, 2.75) is 26.2 Å². The summed E-state index contributed by atoms with van der Waals surface area (Å²) >= 11 is 0. The molecule has 1 N–H and O–H groups in total. The number of aromatic amines is 1. The molecule has 3 aliphatic rings. The van der Waals surface area contributed by atoms with E-state index in [-0.39, 0.29) is 29.2 Å². The summed E-state index contributed by atoms with van der Waals surface area (Å²) in [6.07, 6.45) is 3.18. The lowest BCUT2D eigenvalue weighted by Crippen LogP contribution is -2.32. The summed E-state index contributed by atoms with van der Waals surface area (Å²) < 4.78 is 0. The van der Waals surface area contributed by atoms with Gasteiger partial charge in [-0.25, -0.2) is 4.90 Å². The lowest BCUT2D eigenvalue weighted by Gasteiger charge is -2.19. The van der Waals surface area contributed by atoms with E-state index in [0.29, 0.717) is 23.0 Å². The van der Waals surface area contributed by atoms with Gasteiger partial charge < -0.3 is 4.98 Å². The summed E-state index contributed by atoms with van der Waals surface area (Å²) in [6, 6.07) is 6.99. The first-order valence-corrected chi connectivity index (χ1v) is 8.56. The second-order valence-corrected chi connectivity index (χ2v) is 7.44. The van der Waals surface area contributed by atoms with Crippen LogP contribution in [0.1, 0.15) is 24.8 Å². The molecule has 4 atom stereocenters. The fourth-order valence-corrected chi connectivity index (χ4v) is 5.23. The first-order chi connectivity index (χ1) is 11.5. The lowest BCUT2D eigenvalue weighted by molar-refractivity contribution is -0.123. The maximum absolute atomic E-state index is 12.9. The third kappa shape index (κ3) is 1.67. The van der Waals surface area contributed by atoms with Gasteiger partial charge in [-0.1, -0.05) is 6.07 Å². The van der Waals surface area contributed by atoms with Crippen LogP contribution in [0.15, 0.2) is 29.1 Å². The molecule has 1 aromatic heterocycles. The topological polar surface area (TPSA) is 70.2 Å². The fourth-order valence-electron chi connectivity index (χ4n) is 5.23. The Morgan fingerprint density at radius 3 is 2.33 bits per heavy atom. The molecule has 0 radical (unpaired) electrons. The number of hydrogen-bond acceptors (Lipinski definition) is 3. The SMILES string of the molecule is Cc1cc(=O)[nH]c2cc(N3C(=O)[C@@H]4[C@@H]5CC[C@@H](C5)[C@@H]4C3=O)ccc12. The number of anilines is 1. The van der Waals surface area contributed by atoms with Gasteiger partial charge in [-0.3, -0.25) is 14.4 Å². The summed E-state index contributed by atoms with van der Waals surface area (Å²) in [6.45, 7) is 1.88. The molecule has 2 amide bonds. The molecule has 0 unspecified atom stereocenters. The molecule has 3 fully saturated rings. The van der Waals surface area contributed by atoms with E-state index in [2.05, 4.69) is 4.98 Å². The molecule has 2 heterocycles. The average molecular weight is 322 g/mol. The number of nitrogens with one attached hydrogen (secondary N) is 1. The third-order valence-corrected chi connectivity index (χ3v) is 6.22. The normalized spacial score (nSPS) is 31.3. The predicted molar refractivity (Wildman–Crippen MR) is 89.6 cm³/mol. The van der Waals surface area contributed by atoms with E-state index in [9.17, 15) is 14.4 Å². The number of hydrogen-bond donors (Lipinski definition) is 1. The van der Waals surface area contributed by atoms with Crippen LogP contribution < -0.4 is 10.5 Å². The number of pyridine rings is 1. The molecule has 1 aliphatic heterocycles. The molecule has 5 heteroatoms. The standard InChI is InChI=1S/C19H18N2O3/c1-9-6-15(22)20-14-8-12(4-5-13(9)14)21-18(23)16-10-2-3-11(7-10)17(16)19(21)24/h4-6,8,10-11,16-17H,2-3,7H2,1H3,(H,20,22)/t10-,11+,16-,17+. The van der Waals surface area contributed by atoms with Crippen molar-refractivity contribution >= 4 is 28.4 Å². The van der Waals surface area contributed by atoms with Crippen molar-refractivity contribution in [1.82, 2.24) is 4.98 Å². The van der Waals surface area contributed by atoms with E-state index in [4.69, 9.17) is 0 Å². The Morgan fingerprint density at radius 1 is 1.00 bits per heavy atom. The molecule has 122 valence electrons. The molecule has 24 heavy (non-hydrogen) atoms. The fraction of sp³-hybridized carbons (Fsp3) is 0.421. The summed E-state index contributed by atoms with van der Waals surface area (Å²) in [5.41, 5.74) is 1.95. The number of nitrogens with zero attached hydrogens (tertiary/aromatic N) is 1. The zero-order chi connectivity index (χ0) is 16.6. The Labute approximate surface area is 138 Å². The minimum atomic E-state index is -0.175. The van der Waals surface area contributed by atoms with Crippen LogP contribution in [0.5, 0.6) is 0 Å². The van der Waals surface area contributed by atoms with Gasteiger partial charge in [0, 0.05) is 11.5 Å². The van der Waals surface area contributed by atoms with Crippen molar-refractivity contribution in [3.8, 4) is 0 Å². The lowest BCUT2D eigenvalue weighted by atomic mass is 9.81. The largest absolute Gasteiger partial charge is 0.322 e. The monoisotopic (exact) mass is 322 g/mol. The molecule has 0 spiro atoms. The van der Waals surface area contributed by atoms with Gasteiger partial charge in [-0.2, -0.15) is 0 Å².